The lowest BCUT2D eigenvalue weighted by Crippen LogP contribution is -2.10. The van der Waals surface area contributed by atoms with E-state index in [1.54, 1.807) is 30.3 Å². The molecule has 0 aliphatic heterocycles. The minimum atomic E-state index is -0.0690. The minimum absolute atomic E-state index is 0.0130. The average molecular weight is 345 g/mol. The highest BCUT2D eigenvalue weighted by Gasteiger charge is 2.13. The van der Waals surface area contributed by atoms with E-state index in [1.807, 2.05) is 6.92 Å². The van der Waals surface area contributed by atoms with Crippen molar-refractivity contribution in [3.8, 4) is 17.2 Å². The number of nitrogens with one attached hydrogen (secondary N) is 1. The summed E-state index contributed by atoms with van der Waals surface area (Å²) < 4.78 is 5.65. The van der Waals surface area contributed by atoms with Crippen molar-refractivity contribution in [1.29, 1.82) is 0 Å². The first-order valence-corrected chi connectivity index (χ1v) is 8.14. The van der Waals surface area contributed by atoms with Gasteiger partial charge in [0.25, 0.3) is 0 Å². The van der Waals surface area contributed by atoms with E-state index >= 15 is 0 Å². The summed E-state index contributed by atoms with van der Waals surface area (Å²) in [5.41, 5.74) is 2.20. The van der Waals surface area contributed by atoms with Crippen molar-refractivity contribution in [3.05, 3.63) is 41.4 Å². The maximum atomic E-state index is 11.8. The fraction of sp³-hybridized carbons (Fsp3) is 0.222. The maximum absolute atomic E-state index is 11.8. The first-order valence-electron chi connectivity index (χ1n) is 7.76. The molecule has 1 amide bonds. The molecule has 0 unspecified atom stereocenters. The number of unbranched alkanes of at least 4 members (excludes halogenated alkanes) is 1. The number of aromatic hydroxyl groups is 1. The van der Waals surface area contributed by atoms with Gasteiger partial charge in [0.1, 0.15) is 11.3 Å². The van der Waals surface area contributed by atoms with Gasteiger partial charge in [-0.1, -0.05) is 24.9 Å². The Kier molecular flexibility index (Phi) is 4.71. The van der Waals surface area contributed by atoms with Crippen molar-refractivity contribution in [2.45, 2.75) is 26.2 Å². The number of hydrogen-bond acceptors (Lipinski definition) is 4. The van der Waals surface area contributed by atoms with Gasteiger partial charge >= 0.3 is 0 Å². The number of nitrogens with zero attached hydrogens (tertiary/aromatic N) is 1. The minimum Gasteiger partial charge on any atom is -0.507 e. The molecule has 2 N–H and O–H groups in total. The van der Waals surface area contributed by atoms with E-state index in [9.17, 15) is 9.90 Å². The lowest BCUT2D eigenvalue weighted by Gasteiger charge is -2.07. The number of rotatable bonds is 5. The molecule has 0 radical (unpaired) electrons. The average Bonchev–Trinajstić information content (AvgIpc) is 2.95. The normalized spacial score (nSPS) is 10.9. The summed E-state index contributed by atoms with van der Waals surface area (Å²) in [6.45, 7) is 2.03. The predicted molar refractivity (Wildman–Crippen MR) is 94.3 cm³/mol. The molecule has 3 rings (SSSR count). The zero-order valence-electron chi connectivity index (χ0n) is 13.2. The van der Waals surface area contributed by atoms with Crippen LogP contribution in [0.1, 0.15) is 26.2 Å². The molecule has 0 saturated heterocycles. The second-order valence-electron chi connectivity index (χ2n) is 5.51. The Bertz CT molecular complexity index is 889. The quantitative estimate of drug-likeness (QED) is 0.684. The number of anilines is 1. The number of benzene rings is 2. The number of phenols is 1. The summed E-state index contributed by atoms with van der Waals surface area (Å²) in [6, 6.07) is 10.0. The van der Waals surface area contributed by atoms with Crippen LogP contribution in [0.2, 0.25) is 5.02 Å². The lowest BCUT2D eigenvalue weighted by atomic mass is 10.1. The summed E-state index contributed by atoms with van der Waals surface area (Å²) in [4.78, 5) is 16.1. The number of aromatic nitrogens is 1. The van der Waals surface area contributed by atoms with Gasteiger partial charge < -0.3 is 14.8 Å². The number of hydrogen-bond donors (Lipinski definition) is 2. The first-order chi connectivity index (χ1) is 11.6. The zero-order chi connectivity index (χ0) is 17.1. The Balaban J connectivity index is 1.84. The van der Waals surface area contributed by atoms with Crippen molar-refractivity contribution >= 4 is 34.3 Å². The highest BCUT2D eigenvalue weighted by atomic mass is 35.5. The van der Waals surface area contributed by atoms with Crippen LogP contribution in [0.5, 0.6) is 5.75 Å². The third-order valence-corrected chi connectivity index (χ3v) is 3.85. The molecule has 1 aromatic heterocycles. The van der Waals surface area contributed by atoms with Gasteiger partial charge in [0.15, 0.2) is 5.58 Å². The summed E-state index contributed by atoms with van der Waals surface area (Å²) in [5, 5.41) is 13.6. The molecule has 0 spiro atoms. The molecular weight excluding hydrogens is 328 g/mol. The summed E-state index contributed by atoms with van der Waals surface area (Å²) >= 11 is 5.94. The number of halogens is 1. The van der Waals surface area contributed by atoms with E-state index in [4.69, 9.17) is 16.0 Å². The van der Waals surface area contributed by atoms with E-state index in [0.29, 0.717) is 39.7 Å². The number of phenolic OH excluding ortho intramolecular Hbond substituents is 1. The molecule has 0 aliphatic carbocycles. The van der Waals surface area contributed by atoms with Gasteiger partial charge in [-0.15, -0.1) is 0 Å². The number of carbonyl (C=O) groups is 1. The lowest BCUT2D eigenvalue weighted by molar-refractivity contribution is -0.116. The van der Waals surface area contributed by atoms with E-state index in [-0.39, 0.29) is 11.7 Å². The molecule has 3 aromatic rings. The number of fused-ring (bicyclic) bond motifs is 1. The Morgan fingerprint density at radius 3 is 2.88 bits per heavy atom. The van der Waals surface area contributed by atoms with Gasteiger partial charge in [-0.05, 0) is 36.8 Å². The Labute approximate surface area is 144 Å². The molecule has 124 valence electrons. The van der Waals surface area contributed by atoms with Crippen molar-refractivity contribution in [1.82, 2.24) is 4.98 Å². The van der Waals surface area contributed by atoms with Gasteiger partial charge in [0.2, 0.25) is 11.8 Å². The first kappa shape index (κ1) is 16.3. The Hall–Kier alpha value is -2.53. The molecule has 0 aliphatic rings. The Morgan fingerprint density at radius 2 is 2.12 bits per heavy atom. The SMILES string of the molecule is CCCCC(=O)Nc1ccc(-c2nc3cc(Cl)ccc3o2)c(O)c1. The van der Waals surface area contributed by atoms with Crippen LogP contribution in [-0.2, 0) is 4.79 Å². The van der Waals surface area contributed by atoms with Gasteiger partial charge in [-0.25, -0.2) is 4.98 Å². The standard InChI is InChI=1S/C18H17ClN2O3/c1-2-3-4-17(23)20-12-6-7-13(15(22)10-12)18-21-14-9-11(19)5-8-16(14)24-18/h5-10,22H,2-4H2,1H3,(H,20,23). The van der Waals surface area contributed by atoms with Crippen molar-refractivity contribution in [3.63, 3.8) is 0 Å². The van der Waals surface area contributed by atoms with Crippen LogP contribution >= 0.6 is 11.6 Å². The van der Waals surface area contributed by atoms with Crippen molar-refractivity contribution in [2.24, 2.45) is 0 Å². The molecular formula is C18H17ClN2O3. The molecule has 0 bridgehead atoms. The third-order valence-electron chi connectivity index (χ3n) is 3.62. The van der Waals surface area contributed by atoms with E-state index < -0.39 is 0 Å². The molecule has 0 atom stereocenters. The highest BCUT2D eigenvalue weighted by Crippen LogP contribution is 2.33. The molecule has 0 saturated carbocycles. The van der Waals surface area contributed by atoms with Gasteiger partial charge in [0, 0.05) is 23.2 Å². The topological polar surface area (TPSA) is 75.4 Å². The third kappa shape index (κ3) is 3.51. The second-order valence-corrected chi connectivity index (χ2v) is 5.95. The van der Waals surface area contributed by atoms with Crippen LogP contribution in [-0.4, -0.2) is 16.0 Å². The van der Waals surface area contributed by atoms with Gasteiger partial charge in [0.05, 0.1) is 5.56 Å². The predicted octanol–water partition coefficient (Wildman–Crippen LogP) is 4.98. The molecule has 24 heavy (non-hydrogen) atoms. The summed E-state index contributed by atoms with van der Waals surface area (Å²) in [5.74, 6) is 0.218. The highest BCUT2D eigenvalue weighted by molar-refractivity contribution is 6.31. The fourth-order valence-electron chi connectivity index (χ4n) is 2.37. The smallest absolute Gasteiger partial charge is 0.231 e. The van der Waals surface area contributed by atoms with Crippen LogP contribution in [0.3, 0.4) is 0 Å². The van der Waals surface area contributed by atoms with Crippen molar-refractivity contribution < 1.29 is 14.3 Å². The summed E-state index contributed by atoms with van der Waals surface area (Å²) in [6.07, 6.45) is 2.26. The molecule has 0 fully saturated rings. The van der Waals surface area contributed by atoms with Crippen molar-refractivity contribution in [2.75, 3.05) is 5.32 Å². The van der Waals surface area contributed by atoms with E-state index in [2.05, 4.69) is 10.3 Å². The molecule has 2 aromatic carbocycles. The molecule has 1 heterocycles. The Morgan fingerprint density at radius 1 is 1.29 bits per heavy atom. The maximum Gasteiger partial charge on any atom is 0.231 e. The number of carbonyl (C=O) groups excluding carboxylic acids is 1. The number of amides is 1. The van der Waals surface area contributed by atoms with Gasteiger partial charge in [-0.2, -0.15) is 0 Å². The summed E-state index contributed by atoms with van der Waals surface area (Å²) in [7, 11) is 0. The van der Waals surface area contributed by atoms with Crippen LogP contribution in [0, 0.1) is 0 Å². The van der Waals surface area contributed by atoms with Crippen LogP contribution in [0.25, 0.3) is 22.6 Å². The van der Waals surface area contributed by atoms with Gasteiger partial charge in [-0.3, -0.25) is 4.79 Å². The second kappa shape index (κ2) is 6.93. The number of oxazole rings is 1. The van der Waals surface area contributed by atoms with Crippen LogP contribution < -0.4 is 5.32 Å². The van der Waals surface area contributed by atoms with Crippen LogP contribution in [0.15, 0.2) is 40.8 Å². The monoisotopic (exact) mass is 344 g/mol. The van der Waals surface area contributed by atoms with Crippen LogP contribution in [0.4, 0.5) is 5.69 Å². The van der Waals surface area contributed by atoms with E-state index in [1.165, 1.54) is 6.07 Å². The van der Waals surface area contributed by atoms with E-state index in [0.717, 1.165) is 12.8 Å². The molecule has 6 heteroatoms. The molecule has 5 nitrogen and oxygen atoms in total. The fourth-order valence-corrected chi connectivity index (χ4v) is 2.53. The zero-order valence-corrected chi connectivity index (χ0v) is 13.9. The largest absolute Gasteiger partial charge is 0.507 e.